The fourth-order valence-electron chi connectivity index (χ4n) is 1.96. The second-order valence-electron chi connectivity index (χ2n) is 4.95. The molecule has 1 aliphatic heterocycles. The van der Waals surface area contributed by atoms with Crippen molar-refractivity contribution in [3.63, 3.8) is 0 Å². The van der Waals surface area contributed by atoms with Gasteiger partial charge in [0.05, 0.1) is 0 Å². The molecule has 0 bridgehead atoms. The predicted molar refractivity (Wildman–Crippen MR) is 59.3 cm³/mol. The highest BCUT2D eigenvalue weighted by molar-refractivity contribution is 5.84. The van der Waals surface area contributed by atoms with E-state index in [0.29, 0.717) is 11.7 Å². The van der Waals surface area contributed by atoms with Crippen molar-refractivity contribution < 1.29 is 4.79 Å². The molecule has 2 heteroatoms. The standard InChI is InChI=1S/C12H23NO/c1-4-10(2)9-11(14)12(3)5-7-13-8-6-12/h10,13H,4-9H2,1-3H3. The molecule has 14 heavy (non-hydrogen) atoms. The van der Waals surface area contributed by atoms with Crippen molar-refractivity contribution in [3.8, 4) is 0 Å². The summed E-state index contributed by atoms with van der Waals surface area (Å²) in [6.45, 7) is 8.47. The van der Waals surface area contributed by atoms with Crippen LogP contribution in [0.1, 0.15) is 46.5 Å². The van der Waals surface area contributed by atoms with E-state index in [1.165, 1.54) is 0 Å². The number of piperidine rings is 1. The maximum absolute atomic E-state index is 12.1. The Balaban J connectivity index is 2.49. The SMILES string of the molecule is CCC(C)CC(=O)C1(C)CCNCC1. The fourth-order valence-corrected chi connectivity index (χ4v) is 1.96. The second-order valence-corrected chi connectivity index (χ2v) is 4.95. The molecule has 1 rings (SSSR count). The summed E-state index contributed by atoms with van der Waals surface area (Å²) in [6.07, 6.45) is 3.91. The van der Waals surface area contributed by atoms with Crippen molar-refractivity contribution in [2.45, 2.75) is 46.5 Å². The number of hydrogen-bond acceptors (Lipinski definition) is 2. The van der Waals surface area contributed by atoms with Gasteiger partial charge < -0.3 is 5.32 Å². The van der Waals surface area contributed by atoms with Gasteiger partial charge in [0.2, 0.25) is 0 Å². The number of carbonyl (C=O) groups is 1. The van der Waals surface area contributed by atoms with E-state index in [1.54, 1.807) is 0 Å². The highest BCUT2D eigenvalue weighted by Crippen LogP contribution is 2.31. The molecule has 1 heterocycles. The average Bonchev–Trinajstić information content (AvgIpc) is 2.18. The maximum atomic E-state index is 12.1. The van der Waals surface area contributed by atoms with Gasteiger partial charge in [0.25, 0.3) is 0 Å². The van der Waals surface area contributed by atoms with Crippen LogP contribution in [0.5, 0.6) is 0 Å². The Hall–Kier alpha value is -0.370. The molecule has 1 unspecified atom stereocenters. The van der Waals surface area contributed by atoms with Crippen LogP contribution in [-0.2, 0) is 4.79 Å². The van der Waals surface area contributed by atoms with Gasteiger partial charge in [-0.1, -0.05) is 27.2 Å². The molecule has 82 valence electrons. The van der Waals surface area contributed by atoms with Gasteiger partial charge in [-0.05, 0) is 31.8 Å². The predicted octanol–water partition coefficient (Wildman–Crippen LogP) is 2.38. The first-order chi connectivity index (χ1) is 6.58. The number of ketones is 1. The van der Waals surface area contributed by atoms with Crippen LogP contribution in [0.4, 0.5) is 0 Å². The van der Waals surface area contributed by atoms with Crippen molar-refractivity contribution in [2.24, 2.45) is 11.3 Å². The highest BCUT2D eigenvalue weighted by atomic mass is 16.1. The van der Waals surface area contributed by atoms with Crippen molar-refractivity contribution >= 4 is 5.78 Å². The van der Waals surface area contributed by atoms with Crippen molar-refractivity contribution in [1.29, 1.82) is 0 Å². The van der Waals surface area contributed by atoms with E-state index < -0.39 is 0 Å². The van der Waals surface area contributed by atoms with E-state index in [1.807, 2.05) is 0 Å². The van der Waals surface area contributed by atoms with Crippen LogP contribution >= 0.6 is 0 Å². The zero-order chi connectivity index (χ0) is 10.6. The molecule has 2 nitrogen and oxygen atoms in total. The largest absolute Gasteiger partial charge is 0.317 e. The molecular formula is C12H23NO. The van der Waals surface area contributed by atoms with E-state index >= 15 is 0 Å². The smallest absolute Gasteiger partial charge is 0.139 e. The van der Waals surface area contributed by atoms with Gasteiger partial charge >= 0.3 is 0 Å². The lowest BCUT2D eigenvalue weighted by atomic mass is 9.74. The zero-order valence-corrected chi connectivity index (χ0v) is 9.73. The summed E-state index contributed by atoms with van der Waals surface area (Å²) in [5.74, 6) is 1.03. The van der Waals surface area contributed by atoms with Gasteiger partial charge in [-0.15, -0.1) is 0 Å². The monoisotopic (exact) mass is 197 g/mol. The van der Waals surface area contributed by atoms with Gasteiger partial charge in [0, 0.05) is 11.8 Å². The Bertz CT molecular complexity index is 194. The van der Waals surface area contributed by atoms with Crippen molar-refractivity contribution in [2.75, 3.05) is 13.1 Å². The first-order valence-electron chi connectivity index (χ1n) is 5.82. The molecule has 1 saturated heterocycles. The summed E-state index contributed by atoms with van der Waals surface area (Å²) in [5, 5.41) is 3.31. The van der Waals surface area contributed by atoms with E-state index in [-0.39, 0.29) is 5.41 Å². The first kappa shape index (κ1) is 11.7. The normalized spacial score (nSPS) is 23.1. The number of carbonyl (C=O) groups excluding carboxylic acids is 1. The lowest BCUT2D eigenvalue weighted by Gasteiger charge is -2.33. The molecule has 0 aromatic rings. The van der Waals surface area contributed by atoms with Gasteiger partial charge in [-0.2, -0.15) is 0 Å². The minimum absolute atomic E-state index is 0.0331. The van der Waals surface area contributed by atoms with E-state index in [4.69, 9.17) is 0 Å². The summed E-state index contributed by atoms with van der Waals surface area (Å²) >= 11 is 0. The Kier molecular flexibility index (Phi) is 4.11. The molecule has 0 amide bonds. The van der Waals surface area contributed by atoms with Crippen LogP contribution in [0, 0.1) is 11.3 Å². The summed E-state index contributed by atoms with van der Waals surface area (Å²) in [4.78, 5) is 12.1. The quantitative estimate of drug-likeness (QED) is 0.749. The molecule has 1 atom stereocenters. The molecule has 0 aromatic carbocycles. The van der Waals surface area contributed by atoms with E-state index in [9.17, 15) is 4.79 Å². The molecule has 0 spiro atoms. The topological polar surface area (TPSA) is 29.1 Å². The minimum atomic E-state index is -0.0331. The van der Waals surface area contributed by atoms with Crippen LogP contribution in [0.2, 0.25) is 0 Å². The van der Waals surface area contributed by atoms with Crippen LogP contribution in [-0.4, -0.2) is 18.9 Å². The summed E-state index contributed by atoms with van der Waals surface area (Å²) in [6, 6.07) is 0. The maximum Gasteiger partial charge on any atom is 0.139 e. The molecule has 0 radical (unpaired) electrons. The van der Waals surface area contributed by atoms with Crippen LogP contribution in [0.15, 0.2) is 0 Å². The Morgan fingerprint density at radius 3 is 2.50 bits per heavy atom. The van der Waals surface area contributed by atoms with Gasteiger partial charge in [0.15, 0.2) is 0 Å². The summed E-state index contributed by atoms with van der Waals surface area (Å²) in [5.41, 5.74) is -0.0331. The van der Waals surface area contributed by atoms with E-state index in [0.717, 1.165) is 38.8 Å². The second kappa shape index (κ2) is 4.92. The van der Waals surface area contributed by atoms with Crippen LogP contribution in [0.25, 0.3) is 0 Å². The minimum Gasteiger partial charge on any atom is -0.317 e. The zero-order valence-electron chi connectivity index (χ0n) is 9.73. The highest BCUT2D eigenvalue weighted by Gasteiger charge is 2.34. The number of nitrogens with one attached hydrogen (secondary N) is 1. The molecule has 1 fully saturated rings. The Morgan fingerprint density at radius 2 is 2.00 bits per heavy atom. The van der Waals surface area contributed by atoms with Crippen LogP contribution < -0.4 is 5.32 Å². The molecule has 0 aliphatic carbocycles. The van der Waals surface area contributed by atoms with Gasteiger partial charge in [-0.3, -0.25) is 4.79 Å². The number of rotatable bonds is 4. The lowest BCUT2D eigenvalue weighted by Crippen LogP contribution is -2.40. The fraction of sp³-hybridized carbons (Fsp3) is 0.917. The molecule has 1 aliphatic rings. The van der Waals surface area contributed by atoms with Crippen molar-refractivity contribution in [1.82, 2.24) is 5.32 Å². The first-order valence-corrected chi connectivity index (χ1v) is 5.82. The number of Topliss-reactive ketones (excluding diaryl/α,β-unsaturated/α-hetero) is 1. The van der Waals surface area contributed by atoms with Gasteiger partial charge in [0.1, 0.15) is 5.78 Å². The van der Waals surface area contributed by atoms with Crippen molar-refractivity contribution in [3.05, 3.63) is 0 Å². The summed E-state index contributed by atoms with van der Waals surface area (Å²) in [7, 11) is 0. The lowest BCUT2D eigenvalue weighted by molar-refractivity contribution is -0.130. The third-order valence-electron chi connectivity index (χ3n) is 3.61. The molecule has 1 N–H and O–H groups in total. The Morgan fingerprint density at radius 1 is 1.43 bits per heavy atom. The number of hydrogen-bond donors (Lipinski definition) is 1. The molecule has 0 aromatic heterocycles. The average molecular weight is 197 g/mol. The third kappa shape index (κ3) is 2.81. The summed E-state index contributed by atoms with van der Waals surface area (Å²) < 4.78 is 0. The van der Waals surface area contributed by atoms with Crippen LogP contribution in [0.3, 0.4) is 0 Å². The van der Waals surface area contributed by atoms with Gasteiger partial charge in [-0.25, -0.2) is 0 Å². The van der Waals surface area contributed by atoms with E-state index in [2.05, 4.69) is 26.1 Å². The molecular weight excluding hydrogens is 174 g/mol. The molecule has 0 saturated carbocycles. The third-order valence-corrected chi connectivity index (χ3v) is 3.61. The Labute approximate surface area is 87.5 Å².